The minimum Gasteiger partial charge on any atom is -0.382 e. The van der Waals surface area contributed by atoms with Crippen molar-refractivity contribution in [3.63, 3.8) is 0 Å². The molecular formula is C10H17N3O2. The summed E-state index contributed by atoms with van der Waals surface area (Å²) in [5, 5.41) is 4.16. The first-order valence-electron chi connectivity index (χ1n) is 4.97. The summed E-state index contributed by atoms with van der Waals surface area (Å²) in [5.74, 6) is -0.493. The van der Waals surface area contributed by atoms with Gasteiger partial charge in [0.2, 0.25) is 0 Å². The Morgan fingerprint density at radius 2 is 2.40 bits per heavy atom. The zero-order valence-corrected chi connectivity index (χ0v) is 9.36. The number of hydrogen-bond donors (Lipinski definition) is 1. The molecule has 5 nitrogen and oxygen atoms in total. The Morgan fingerprint density at radius 1 is 1.73 bits per heavy atom. The molecule has 1 rings (SSSR count). The van der Waals surface area contributed by atoms with Gasteiger partial charge in [-0.2, -0.15) is 5.10 Å². The molecule has 0 aliphatic rings. The molecule has 1 amide bonds. The molecule has 84 valence electrons. The van der Waals surface area contributed by atoms with Crippen LogP contribution in [0.4, 0.5) is 0 Å². The van der Waals surface area contributed by atoms with E-state index in [1.54, 1.807) is 17.9 Å². The number of ether oxygens (including phenoxy) is 1. The number of methoxy groups -OCH3 is 1. The number of primary amides is 1. The number of nitrogens with two attached hydrogens (primary N) is 1. The SMILES string of the molecule is CCc1cc(C(N)=O)nn1[C@@H](C)COC. The van der Waals surface area contributed by atoms with Crippen LogP contribution >= 0.6 is 0 Å². The lowest BCUT2D eigenvalue weighted by Crippen LogP contribution is -2.17. The fraction of sp³-hybridized carbons (Fsp3) is 0.600. The third kappa shape index (κ3) is 2.56. The first kappa shape index (κ1) is 11.7. The van der Waals surface area contributed by atoms with Crippen LogP contribution in [0.5, 0.6) is 0 Å². The van der Waals surface area contributed by atoms with Gasteiger partial charge < -0.3 is 10.5 Å². The van der Waals surface area contributed by atoms with Gasteiger partial charge in [0, 0.05) is 12.8 Å². The van der Waals surface area contributed by atoms with Gasteiger partial charge in [-0.15, -0.1) is 0 Å². The molecule has 0 spiro atoms. The molecule has 0 fully saturated rings. The summed E-state index contributed by atoms with van der Waals surface area (Å²) in [5.41, 5.74) is 6.49. The first-order valence-corrected chi connectivity index (χ1v) is 4.97. The Bertz CT molecular complexity index is 346. The zero-order valence-electron chi connectivity index (χ0n) is 9.36. The van der Waals surface area contributed by atoms with Gasteiger partial charge in [-0.05, 0) is 19.4 Å². The maximum absolute atomic E-state index is 11.0. The number of amides is 1. The summed E-state index contributed by atoms with van der Waals surface area (Å²) >= 11 is 0. The third-order valence-corrected chi connectivity index (χ3v) is 2.25. The van der Waals surface area contributed by atoms with Crippen molar-refractivity contribution in [1.82, 2.24) is 9.78 Å². The van der Waals surface area contributed by atoms with Crippen LogP contribution in [-0.2, 0) is 11.2 Å². The van der Waals surface area contributed by atoms with Crippen LogP contribution < -0.4 is 5.73 Å². The number of carbonyl (C=O) groups excluding carboxylic acids is 1. The normalized spacial score (nSPS) is 12.7. The van der Waals surface area contributed by atoms with Gasteiger partial charge in [-0.3, -0.25) is 9.48 Å². The standard InChI is InChI=1S/C10H17N3O2/c1-4-8-5-9(10(11)14)12-13(8)7(2)6-15-3/h5,7H,4,6H2,1-3H3,(H2,11,14)/t7-/m0/s1. The third-order valence-electron chi connectivity index (χ3n) is 2.25. The van der Waals surface area contributed by atoms with Crippen LogP contribution in [0.2, 0.25) is 0 Å². The lowest BCUT2D eigenvalue weighted by atomic mass is 10.2. The minimum atomic E-state index is -0.493. The Kier molecular flexibility index (Phi) is 3.85. The maximum Gasteiger partial charge on any atom is 0.269 e. The smallest absolute Gasteiger partial charge is 0.269 e. The molecule has 0 saturated carbocycles. The molecule has 15 heavy (non-hydrogen) atoms. The van der Waals surface area contributed by atoms with Crippen molar-refractivity contribution in [2.75, 3.05) is 13.7 Å². The van der Waals surface area contributed by atoms with E-state index in [0.29, 0.717) is 12.3 Å². The topological polar surface area (TPSA) is 70.1 Å². The van der Waals surface area contributed by atoms with E-state index in [1.165, 1.54) is 0 Å². The van der Waals surface area contributed by atoms with Gasteiger partial charge >= 0.3 is 0 Å². The van der Waals surface area contributed by atoms with Gasteiger partial charge in [0.1, 0.15) is 5.69 Å². The second kappa shape index (κ2) is 4.93. The molecule has 1 atom stereocenters. The van der Waals surface area contributed by atoms with E-state index in [-0.39, 0.29) is 6.04 Å². The van der Waals surface area contributed by atoms with E-state index in [1.807, 2.05) is 13.8 Å². The largest absolute Gasteiger partial charge is 0.382 e. The highest BCUT2D eigenvalue weighted by Crippen LogP contribution is 2.12. The van der Waals surface area contributed by atoms with Gasteiger partial charge in [0.25, 0.3) is 5.91 Å². The van der Waals surface area contributed by atoms with E-state index < -0.39 is 5.91 Å². The first-order chi connectivity index (χ1) is 7.10. The average Bonchev–Trinajstić information content (AvgIpc) is 2.61. The van der Waals surface area contributed by atoms with Crippen molar-refractivity contribution in [2.24, 2.45) is 5.73 Å². The predicted molar refractivity (Wildman–Crippen MR) is 56.7 cm³/mol. The highest BCUT2D eigenvalue weighted by Gasteiger charge is 2.14. The Morgan fingerprint density at radius 3 is 2.87 bits per heavy atom. The fourth-order valence-corrected chi connectivity index (χ4v) is 1.51. The molecule has 1 heterocycles. The van der Waals surface area contributed by atoms with Crippen molar-refractivity contribution < 1.29 is 9.53 Å². The quantitative estimate of drug-likeness (QED) is 0.781. The van der Waals surface area contributed by atoms with E-state index in [4.69, 9.17) is 10.5 Å². The molecule has 1 aromatic rings. The Balaban J connectivity index is 2.99. The second-order valence-electron chi connectivity index (χ2n) is 3.49. The fourth-order valence-electron chi connectivity index (χ4n) is 1.51. The average molecular weight is 211 g/mol. The highest BCUT2D eigenvalue weighted by molar-refractivity contribution is 5.90. The van der Waals surface area contributed by atoms with Crippen LogP contribution in [-0.4, -0.2) is 29.4 Å². The van der Waals surface area contributed by atoms with E-state index in [0.717, 1.165) is 12.1 Å². The van der Waals surface area contributed by atoms with Crippen LogP contribution in [0.15, 0.2) is 6.07 Å². The van der Waals surface area contributed by atoms with Crippen molar-refractivity contribution in [3.8, 4) is 0 Å². The number of hydrogen-bond acceptors (Lipinski definition) is 3. The zero-order chi connectivity index (χ0) is 11.4. The number of nitrogens with zero attached hydrogens (tertiary/aromatic N) is 2. The summed E-state index contributed by atoms with van der Waals surface area (Å²) < 4.78 is 6.85. The Labute approximate surface area is 89.2 Å². The number of aryl methyl sites for hydroxylation is 1. The van der Waals surface area contributed by atoms with E-state index in [9.17, 15) is 4.79 Å². The van der Waals surface area contributed by atoms with E-state index >= 15 is 0 Å². The summed E-state index contributed by atoms with van der Waals surface area (Å²) in [6.45, 7) is 4.56. The van der Waals surface area contributed by atoms with Gasteiger partial charge in [0.05, 0.1) is 12.6 Å². The van der Waals surface area contributed by atoms with Crippen LogP contribution in [0.1, 0.15) is 36.1 Å². The molecule has 2 N–H and O–H groups in total. The second-order valence-corrected chi connectivity index (χ2v) is 3.49. The number of aromatic nitrogens is 2. The molecule has 0 saturated heterocycles. The lowest BCUT2D eigenvalue weighted by Gasteiger charge is -2.13. The number of rotatable bonds is 5. The summed E-state index contributed by atoms with van der Waals surface area (Å²) in [6.07, 6.45) is 0.814. The Hall–Kier alpha value is -1.36. The predicted octanol–water partition coefficient (Wildman–Crippen LogP) is 0.752. The number of carbonyl (C=O) groups is 1. The summed E-state index contributed by atoms with van der Waals surface area (Å²) in [6, 6.07) is 1.84. The van der Waals surface area contributed by atoms with Crippen molar-refractivity contribution >= 4 is 5.91 Å². The molecule has 5 heteroatoms. The van der Waals surface area contributed by atoms with Crippen molar-refractivity contribution in [3.05, 3.63) is 17.5 Å². The molecule has 0 aliphatic heterocycles. The van der Waals surface area contributed by atoms with Crippen molar-refractivity contribution in [2.45, 2.75) is 26.3 Å². The lowest BCUT2D eigenvalue weighted by molar-refractivity contribution is 0.0993. The van der Waals surface area contributed by atoms with E-state index in [2.05, 4.69) is 5.10 Å². The molecule has 0 aliphatic carbocycles. The van der Waals surface area contributed by atoms with Crippen LogP contribution in [0.3, 0.4) is 0 Å². The molecule has 1 aromatic heterocycles. The van der Waals surface area contributed by atoms with Crippen LogP contribution in [0, 0.1) is 0 Å². The molecule has 0 radical (unpaired) electrons. The highest BCUT2D eigenvalue weighted by atomic mass is 16.5. The van der Waals surface area contributed by atoms with Gasteiger partial charge in [0.15, 0.2) is 0 Å². The minimum absolute atomic E-state index is 0.109. The summed E-state index contributed by atoms with van der Waals surface area (Å²) in [7, 11) is 1.64. The molecule has 0 aromatic carbocycles. The van der Waals surface area contributed by atoms with Gasteiger partial charge in [-0.1, -0.05) is 6.92 Å². The summed E-state index contributed by atoms with van der Waals surface area (Å²) in [4.78, 5) is 11.0. The monoisotopic (exact) mass is 211 g/mol. The molecular weight excluding hydrogens is 194 g/mol. The molecule has 0 bridgehead atoms. The van der Waals surface area contributed by atoms with Crippen LogP contribution in [0.25, 0.3) is 0 Å². The van der Waals surface area contributed by atoms with Crippen molar-refractivity contribution in [1.29, 1.82) is 0 Å². The maximum atomic E-state index is 11.0. The molecule has 0 unspecified atom stereocenters. The van der Waals surface area contributed by atoms with Gasteiger partial charge in [-0.25, -0.2) is 0 Å².